The topological polar surface area (TPSA) is 61.5 Å². The lowest BCUT2D eigenvalue weighted by atomic mass is 10.0. The van der Waals surface area contributed by atoms with Crippen molar-refractivity contribution in [1.82, 2.24) is 0 Å². The molecule has 0 unspecified atom stereocenters. The highest BCUT2D eigenvalue weighted by Gasteiger charge is 2.08. The molecule has 4 nitrogen and oxygen atoms in total. The number of Topliss-reactive ketones (excluding diaryl/α,β-unsaturated/α-hetero) is 1. The van der Waals surface area contributed by atoms with Crippen molar-refractivity contribution < 1.29 is 14.3 Å². The second-order valence-corrected chi connectivity index (χ2v) is 8.94. The summed E-state index contributed by atoms with van der Waals surface area (Å²) < 4.78 is 11.9. The SMILES string of the molecule is Cc1cccc(C(=O)Cc2ccc(Oc3ccc(-c4ccc(Oc5ccc(N)cc5)cc4)cc3)cc2)c1. The lowest BCUT2D eigenvalue weighted by molar-refractivity contribution is 0.0993. The van der Waals surface area contributed by atoms with Gasteiger partial charge < -0.3 is 15.2 Å². The van der Waals surface area contributed by atoms with Gasteiger partial charge in [-0.3, -0.25) is 4.79 Å². The van der Waals surface area contributed by atoms with Crippen molar-refractivity contribution in [2.45, 2.75) is 13.3 Å². The van der Waals surface area contributed by atoms with Crippen LogP contribution in [0.2, 0.25) is 0 Å². The maximum absolute atomic E-state index is 12.6. The fraction of sp³-hybridized carbons (Fsp3) is 0.0606. The van der Waals surface area contributed by atoms with Gasteiger partial charge in [0.25, 0.3) is 0 Å². The van der Waals surface area contributed by atoms with Crippen molar-refractivity contribution in [3.05, 3.63) is 138 Å². The molecule has 0 saturated carbocycles. The van der Waals surface area contributed by atoms with Gasteiger partial charge in [0, 0.05) is 17.7 Å². The minimum Gasteiger partial charge on any atom is -0.457 e. The van der Waals surface area contributed by atoms with Crippen molar-refractivity contribution in [2.24, 2.45) is 0 Å². The summed E-state index contributed by atoms with van der Waals surface area (Å²) in [5.41, 5.74) is 11.4. The van der Waals surface area contributed by atoms with E-state index < -0.39 is 0 Å². The molecule has 0 bridgehead atoms. The Bertz CT molecular complexity index is 1490. The number of benzene rings is 5. The number of hydrogen-bond donors (Lipinski definition) is 1. The maximum Gasteiger partial charge on any atom is 0.167 e. The van der Waals surface area contributed by atoms with Gasteiger partial charge >= 0.3 is 0 Å². The molecule has 4 heteroatoms. The fourth-order valence-corrected chi connectivity index (χ4v) is 4.02. The number of carbonyl (C=O) groups is 1. The third kappa shape index (κ3) is 6.24. The van der Waals surface area contributed by atoms with E-state index in [-0.39, 0.29) is 5.78 Å². The van der Waals surface area contributed by atoms with Gasteiger partial charge in [-0.05, 0) is 90.3 Å². The van der Waals surface area contributed by atoms with Gasteiger partial charge in [-0.1, -0.05) is 60.2 Å². The number of ether oxygens (including phenoxy) is 2. The first-order chi connectivity index (χ1) is 18.0. The van der Waals surface area contributed by atoms with Crippen molar-refractivity contribution in [1.29, 1.82) is 0 Å². The number of aryl methyl sites for hydroxylation is 1. The molecule has 0 atom stereocenters. The van der Waals surface area contributed by atoms with Crippen molar-refractivity contribution >= 4 is 11.5 Å². The predicted molar refractivity (Wildman–Crippen MR) is 149 cm³/mol. The summed E-state index contributed by atoms with van der Waals surface area (Å²) in [6.45, 7) is 1.99. The molecule has 0 radical (unpaired) electrons. The summed E-state index contributed by atoms with van der Waals surface area (Å²) in [4.78, 5) is 12.6. The summed E-state index contributed by atoms with van der Waals surface area (Å²) in [7, 11) is 0. The maximum atomic E-state index is 12.6. The number of carbonyl (C=O) groups excluding carboxylic acids is 1. The molecule has 0 aromatic heterocycles. The van der Waals surface area contributed by atoms with Crippen LogP contribution in [-0.4, -0.2) is 5.78 Å². The Morgan fingerprint density at radius 2 is 1.08 bits per heavy atom. The van der Waals surface area contributed by atoms with Gasteiger partial charge in [-0.25, -0.2) is 0 Å². The molecule has 0 aliphatic heterocycles. The Balaban J connectivity index is 1.18. The molecule has 0 fully saturated rings. The second kappa shape index (κ2) is 10.8. The minimum atomic E-state index is 0.109. The molecule has 0 aliphatic rings. The van der Waals surface area contributed by atoms with Gasteiger partial charge in [0.1, 0.15) is 23.0 Å². The summed E-state index contributed by atoms with van der Waals surface area (Å²) in [5.74, 6) is 3.09. The molecule has 5 rings (SSSR count). The zero-order valence-electron chi connectivity index (χ0n) is 20.6. The zero-order valence-corrected chi connectivity index (χ0v) is 20.6. The highest BCUT2D eigenvalue weighted by molar-refractivity contribution is 5.97. The van der Waals surface area contributed by atoms with Gasteiger partial charge in [0.15, 0.2) is 5.78 Å². The monoisotopic (exact) mass is 485 g/mol. The van der Waals surface area contributed by atoms with E-state index in [0.717, 1.165) is 50.8 Å². The quantitative estimate of drug-likeness (QED) is 0.177. The van der Waals surface area contributed by atoms with E-state index in [0.29, 0.717) is 12.1 Å². The Morgan fingerprint density at radius 3 is 1.57 bits per heavy atom. The van der Waals surface area contributed by atoms with Crippen LogP contribution < -0.4 is 15.2 Å². The molecule has 0 saturated heterocycles. The average Bonchev–Trinajstić information content (AvgIpc) is 2.92. The minimum absolute atomic E-state index is 0.109. The van der Waals surface area contributed by atoms with Gasteiger partial charge in [0.05, 0.1) is 0 Å². The molecule has 2 N–H and O–H groups in total. The average molecular weight is 486 g/mol. The van der Waals surface area contributed by atoms with Crippen LogP contribution >= 0.6 is 0 Å². The molecule has 5 aromatic rings. The summed E-state index contributed by atoms with van der Waals surface area (Å²) >= 11 is 0. The molecule has 182 valence electrons. The highest BCUT2D eigenvalue weighted by atomic mass is 16.5. The molecular formula is C33H27NO3. The van der Waals surface area contributed by atoms with Gasteiger partial charge in [-0.15, -0.1) is 0 Å². The number of rotatable bonds is 8. The molecule has 37 heavy (non-hydrogen) atoms. The van der Waals surface area contributed by atoms with Crippen LogP contribution in [0.5, 0.6) is 23.0 Å². The van der Waals surface area contributed by atoms with Gasteiger partial charge in [-0.2, -0.15) is 0 Å². The van der Waals surface area contributed by atoms with E-state index in [1.54, 1.807) is 0 Å². The first-order valence-corrected chi connectivity index (χ1v) is 12.1. The summed E-state index contributed by atoms with van der Waals surface area (Å²) in [6, 6.07) is 38.6. The number of nitrogens with two attached hydrogens (primary N) is 1. The Labute approximate surface area is 216 Å². The van der Waals surface area contributed by atoms with Crippen LogP contribution in [0.4, 0.5) is 5.69 Å². The van der Waals surface area contributed by atoms with Crippen LogP contribution in [0.15, 0.2) is 121 Å². The molecule has 0 aliphatic carbocycles. The zero-order chi connectivity index (χ0) is 25.6. The summed E-state index contributed by atoms with van der Waals surface area (Å²) in [6.07, 6.45) is 0.363. The van der Waals surface area contributed by atoms with E-state index in [1.165, 1.54) is 0 Å². The number of nitrogen functional groups attached to an aromatic ring is 1. The lowest BCUT2D eigenvalue weighted by Gasteiger charge is -2.09. The van der Waals surface area contributed by atoms with Crippen LogP contribution in [-0.2, 0) is 6.42 Å². The van der Waals surface area contributed by atoms with Crippen LogP contribution in [0, 0.1) is 6.92 Å². The second-order valence-electron chi connectivity index (χ2n) is 8.94. The van der Waals surface area contributed by atoms with E-state index in [9.17, 15) is 4.79 Å². The third-order valence-corrected chi connectivity index (χ3v) is 6.02. The molecule has 0 spiro atoms. The standard InChI is InChI=1S/C33H27NO3/c1-23-3-2-4-27(21-23)33(35)22-24-5-13-29(14-6-24)36-30-15-7-25(8-16-30)26-9-17-31(18-10-26)37-32-19-11-28(34)12-20-32/h2-21H,22,34H2,1H3. The smallest absolute Gasteiger partial charge is 0.167 e. The first kappa shape index (κ1) is 23.9. The lowest BCUT2D eigenvalue weighted by Crippen LogP contribution is -2.03. The van der Waals surface area contributed by atoms with Crippen molar-refractivity contribution in [3.63, 3.8) is 0 Å². The normalized spacial score (nSPS) is 10.6. The van der Waals surface area contributed by atoms with Crippen LogP contribution in [0.3, 0.4) is 0 Å². The van der Waals surface area contributed by atoms with E-state index in [4.69, 9.17) is 15.2 Å². The van der Waals surface area contributed by atoms with E-state index in [1.807, 2.05) is 128 Å². The summed E-state index contributed by atoms with van der Waals surface area (Å²) in [5, 5.41) is 0. The van der Waals surface area contributed by atoms with E-state index in [2.05, 4.69) is 0 Å². The van der Waals surface area contributed by atoms with Crippen LogP contribution in [0.25, 0.3) is 11.1 Å². The number of anilines is 1. The molecule has 0 heterocycles. The Kier molecular flexibility index (Phi) is 7.00. The van der Waals surface area contributed by atoms with E-state index >= 15 is 0 Å². The van der Waals surface area contributed by atoms with Gasteiger partial charge in [0.2, 0.25) is 0 Å². The van der Waals surface area contributed by atoms with Crippen molar-refractivity contribution in [2.75, 3.05) is 5.73 Å². The Hall–Kier alpha value is -4.83. The van der Waals surface area contributed by atoms with Crippen LogP contribution in [0.1, 0.15) is 21.5 Å². The Morgan fingerprint density at radius 1 is 0.622 bits per heavy atom. The molecule has 5 aromatic carbocycles. The fourth-order valence-electron chi connectivity index (χ4n) is 4.02. The predicted octanol–water partition coefficient (Wildman–Crippen LogP) is 8.25. The number of hydrogen-bond acceptors (Lipinski definition) is 4. The molecular weight excluding hydrogens is 458 g/mol. The first-order valence-electron chi connectivity index (χ1n) is 12.1. The van der Waals surface area contributed by atoms with Crippen molar-refractivity contribution in [3.8, 4) is 34.1 Å². The highest BCUT2D eigenvalue weighted by Crippen LogP contribution is 2.29. The third-order valence-electron chi connectivity index (χ3n) is 6.02. The largest absolute Gasteiger partial charge is 0.457 e. The number of ketones is 1. The molecule has 0 amide bonds.